The molecular formula is C22H25N7O2S. The summed E-state index contributed by atoms with van der Waals surface area (Å²) in [6.07, 6.45) is 4.02. The molecular weight excluding hydrogens is 426 g/mol. The van der Waals surface area contributed by atoms with E-state index in [0.717, 1.165) is 5.56 Å². The largest absolute Gasteiger partial charge is 0.339 e. The van der Waals surface area contributed by atoms with Crippen LogP contribution in [0.15, 0.2) is 42.7 Å². The maximum atomic E-state index is 12.8. The Morgan fingerprint density at radius 2 is 1.88 bits per heavy atom. The molecule has 0 bridgehead atoms. The van der Waals surface area contributed by atoms with Crippen LogP contribution < -0.4 is 15.5 Å². The van der Waals surface area contributed by atoms with Crippen molar-refractivity contribution in [2.24, 2.45) is 0 Å². The topological polar surface area (TPSA) is 114 Å². The van der Waals surface area contributed by atoms with Gasteiger partial charge in [0.1, 0.15) is 5.50 Å². The molecule has 32 heavy (non-hydrogen) atoms. The number of benzene rings is 1. The first-order valence-electron chi connectivity index (χ1n) is 10.6. The summed E-state index contributed by atoms with van der Waals surface area (Å²) in [5.41, 5.74) is 1.44. The van der Waals surface area contributed by atoms with E-state index in [0.29, 0.717) is 49.9 Å². The highest BCUT2D eigenvalue weighted by atomic mass is 32.2. The number of hydrogen-bond acceptors (Lipinski definition) is 8. The van der Waals surface area contributed by atoms with E-state index in [9.17, 15) is 9.59 Å². The zero-order valence-electron chi connectivity index (χ0n) is 17.6. The van der Waals surface area contributed by atoms with Gasteiger partial charge in [0.2, 0.25) is 17.8 Å². The van der Waals surface area contributed by atoms with Crippen LogP contribution >= 0.6 is 11.8 Å². The summed E-state index contributed by atoms with van der Waals surface area (Å²) in [5, 5.41) is 15.2. The van der Waals surface area contributed by atoms with Crippen LogP contribution in [-0.2, 0) is 15.3 Å². The van der Waals surface area contributed by atoms with Gasteiger partial charge in [-0.1, -0.05) is 12.1 Å². The number of carbonyl (C=O) groups excluding carboxylic acids is 2. The predicted octanol–water partition coefficient (Wildman–Crippen LogP) is 1.08. The normalized spacial score (nSPS) is 21.0. The quantitative estimate of drug-likeness (QED) is 0.671. The number of piperazine rings is 1. The zero-order chi connectivity index (χ0) is 22.3. The molecule has 1 aromatic carbocycles. The number of rotatable bonds is 6. The fourth-order valence-corrected chi connectivity index (χ4v) is 4.82. The van der Waals surface area contributed by atoms with E-state index in [1.807, 2.05) is 17.0 Å². The lowest BCUT2D eigenvalue weighted by Gasteiger charge is -2.36. The van der Waals surface area contributed by atoms with E-state index in [4.69, 9.17) is 5.26 Å². The molecule has 2 aromatic rings. The summed E-state index contributed by atoms with van der Waals surface area (Å²) in [6.45, 7) is 2.62. The van der Waals surface area contributed by atoms with Crippen LogP contribution in [0.4, 0.5) is 5.95 Å². The monoisotopic (exact) mass is 451 g/mol. The molecule has 2 aliphatic heterocycles. The third-order valence-corrected chi connectivity index (χ3v) is 6.59. The number of thioether (sulfide) groups is 1. The minimum atomic E-state index is -0.253. The molecule has 9 nitrogen and oxygen atoms in total. The first-order chi connectivity index (χ1) is 15.6. The maximum absolute atomic E-state index is 12.8. The van der Waals surface area contributed by atoms with Crippen LogP contribution in [0, 0.1) is 11.3 Å². The fraction of sp³-hybridized carbons (Fsp3) is 0.409. The number of hydrogen-bond donors (Lipinski definition) is 2. The van der Waals surface area contributed by atoms with Crippen LogP contribution in [0.3, 0.4) is 0 Å². The van der Waals surface area contributed by atoms with Crippen molar-refractivity contribution in [2.75, 3.05) is 31.1 Å². The highest BCUT2D eigenvalue weighted by Gasteiger charge is 2.30. The van der Waals surface area contributed by atoms with Gasteiger partial charge >= 0.3 is 0 Å². The van der Waals surface area contributed by atoms with Crippen molar-refractivity contribution < 1.29 is 9.59 Å². The van der Waals surface area contributed by atoms with Gasteiger partial charge in [-0.15, -0.1) is 11.8 Å². The van der Waals surface area contributed by atoms with Gasteiger partial charge in [0.25, 0.3) is 0 Å². The molecule has 2 N–H and O–H groups in total. The highest BCUT2D eigenvalue weighted by Crippen LogP contribution is 2.20. The smallest absolute Gasteiger partial charge is 0.225 e. The fourth-order valence-electron chi connectivity index (χ4n) is 3.77. The SMILES string of the molecule is N#Cc1ccc(CSC2NC(=O)CC(CC(=O)N3CCN(c4ncccn4)CC3)N2)cc1. The van der Waals surface area contributed by atoms with Gasteiger partial charge < -0.3 is 15.1 Å². The minimum Gasteiger partial charge on any atom is -0.339 e. The maximum Gasteiger partial charge on any atom is 0.225 e. The second-order valence-corrected chi connectivity index (χ2v) is 8.85. The summed E-state index contributed by atoms with van der Waals surface area (Å²) in [6, 6.07) is 11.1. The molecule has 0 saturated carbocycles. The number of nitrogens with one attached hydrogen (secondary N) is 2. The summed E-state index contributed by atoms with van der Waals surface area (Å²) in [4.78, 5) is 37.5. The Kier molecular flexibility index (Phi) is 7.19. The van der Waals surface area contributed by atoms with Crippen molar-refractivity contribution in [1.82, 2.24) is 25.5 Å². The van der Waals surface area contributed by atoms with Crippen molar-refractivity contribution in [3.8, 4) is 6.07 Å². The summed E-state index contributed by atoms with van der Waals surface area (Å²) >= 11 is 1.56. The van der Waals surface area contributed by atoms with Crippen molar-refractivity contribution in [3.63, 3.8) is 0 Å². The Bertz CT molecular complexity index is 972. The number of nitriles is 1. The van der Waals surface area contributed by atoms with Gasteiger partial charge in [-0.2, -0.15) is 5.26 Å². The molecule has 10 heteroatoms. The third-order valence-electron chi connectivity index (χ3n) is 5.50. The van der Waals surface area contributed by atoms with Crippen LogP contribution in [0.5, 0.6) is 0 Å². The van der Waals surface area contributed by atoms with E-state index >= 15 is 0 Å². The molecule has 4 rings (SSSR count). The van der Waals surface area contributed by atoms with Crippen molar-refractivity contribution in [2.45, 2.75) is 30.1 Å². The number of nitrogens with zero attached hydrogens (tertiary/aromatic N) is 5. The second kappa shape index (κ2) is 10.4. The average molecular weight is 452 g/mol. The molecule has 2 aliphatic rings. The number of amides is 2. The van der Waals surface area contributed by atoms with E-state index in [2.05, 4.69) is 31.6 Å². The Morgan fingerprint density at radius 3 is 2.56 bits per heavy atom. The van der Waals surface area contributed by atoms with Crippen LogP contribution in [0.25, 0.3) is 0 Å². The second-order valence-electron chi connectivity index (χ2n) is 7.76. The Morgan fingerprint density at radius 1 is 1.16 bits per heavy atom. The average Bonchev–Trinajstić information content (AvgIpc) is 2.83. The molecule has 3 heterocycles. The van der Waals surface area contributed by atoms with Crippen LogP contribution in [0.1, 0.15) is 24.0 Å². The van der Waals surface area contributed by atoms with Gasteiger partial charge in [0, 0.05) is 63.2 Å². The van der Waals surface area contributed by atoms with Gasteiger partial charge in [-0.3, -0.25) is 14.9 Å². The van der Waals surface area contributed by atoms with Crippen molar-refractivity contribution >= 4 is 29.5 Å². The van der Waals surface area contributed by atoms with Gasteiger partial charge in [-0.25, -0.2) is 9.97 Å². The molecule has 0 spiro atoms. The zero-order valence-corrected chi connectivity index (χ0v) is 18.4. The Labute approximate surface area is 191 Å². The van der Waals surface area contributed by atoms with E-state index in [-0.39, 0.29) is 29.8 Å². The molecule has 2 fully saturated rings. The number of aromatic nitrogens is 2. The van der Waals surface area contributed by atoms with Gasteiger partial charge in [0.05, 0.1) is 11.6 Å². The van der Waals surface area contributed by atoms with E-state index in [1.54, 1.807) is 42.4 Å². The molecule has 2 unspecified atom stereocenters. The highest BCUT2D eigenvalue weighted by molar-refractivity contribution is 7.99. The summed E-state index contributed by atoms with van der Waals surface area (Å²) < 4.78 is 0. The lowest BCUT2D eigenvalue weighted by Crippen LogP contribution is -2.56. The third kappa shape index (κ3) is 5.75. The predicted molar refractivity (Wildman–Crippen MR) is 121 cm³/mol. The molecule has 0 aliphatic carbocycles. The lowest BCUT2D eigenvalue weighted by molar-refractivity contribution is -0.132. The molecule has 0 radical (unpaired) electrons. The van der Waals surface area contributed by atoms with Crippen molar-refractivity contribution in [1.29, 1.82) is 5.26 Å². The molecule has 166 valence electrons. The first-order valence-corrected chi connectivity index (χ1v) is 11.6. The Balaban J connectivity index is 1.25. The Hall–Kier alpha value is -3.16. The van der Waals surface area contributed by atoms with Gasteiger partial charge in [-0.05, 0) is 23.8 Å². The number of anilines is 1. The standard InChI is InChI=1S/C22H25N7O2S/c23-14-16-2-4-17(5-3-16)15-32-22-26-18(12-19(30)27-22)13-20(31)28-8-10-29(11-9-28)21-24-6-1-7-25-21/h1-7,18,22,26H,8-13,15H2,(H,27,30). The molecule has 2 amide bonds. The summed E-state index contributed by atoms with van der Waals surface area (Å²) in [5.74, 6) is 1.38. The van der Waals surface area contributed by atoms with Crippen LogP contribution in [0.2, 0.25) is 0 Å². The van der Waals surface area contributed by atoms with Crippen molar-refractivity contribution in [3.05, 3.63) is 53.9 Å². The lowest BCUT2D eigenvalue weighted by atomic mass is 10.1. The number of carbonyl (C=O) groups is 2. The van der Waals surface area contributed by atoms with Crippen LogP contribution in [-0.4, -0.2) is 64.4 Å². The molecule has 2 atom stereocenters. The molecule has 2 saturated heterocycles. The molecule has 1 aromatic heterocycles. The van der Waals surface area contributed by atoms with E-state index < -0.39 is 0 Å². The van der Waals surface area contributed by atoms with E-state index in [1.165, 1.54) is 0 Å². The first kappa shape index (κ1) is 22.0. The minimum absolute atomic E-state index is 0.0510. The summed E-state index contributed by atoms with van der Waals surface area (Å²) in [7, 11) is 0. The van der Waals surface area contributed by atoms with Gasteiger partial charge in [0.15, 0.2) is 0 Å².